The van der Waals surface area contributed by atoms with Gasteiger partial charge in [-0.05, 0) is 36.4 Å². The Hall–Kier alpha value is -1.61. The predicted molar refractivity (Wildman–Crippen MR) is 71.6 cm³/mol. The van der Waals surface area contributed by atoms with Gasteiger partial charge in [0.1, 0.15) is 5.82 Å². The summed E-state index contributed by atoms with van der Waals surface area (Å²) in [4.78, 5) is 13.5. The number of carbonyl (C=O) groups excluding carboxylic acids is 1. The van der Waals surface area contributed by atoms with Crippen LogP contribution in [0.25, 0.3) is 0 Å². The Bertz CT molecular complexity index is 531. The van der Waals surface area contributed by atoms with E-state index in [0.29, 0.717) is 6.42 Å². The number of halogens is 1. The third kappa shape index (κ3) is 3.20. The summed E-state index contributed by atoms with van der Waals surface area (Å²) in [6.45, 7) is 1.85. The molecule has 0 saturated heterocycles. The van der Waals surface area contributed by atoms with E-state index >= 15 is 0 Å². The van der Waals surface area contributed by atoms with E-state index in [9.17, 15) is 9.18 Å². The molecule has 0 aliphatic carbocycles. The first-order chi connectivity index (χ1) is 8.69. The molecular weight excluding hydrogens is 247 g/mol. The molecule has 2 aromatic carbocycles. The van der Waals surface area contributed by atoms with Crippen molar-refractivity contribution >= 4 is 17.5 Å². The highest BCUT2D eigenvalue weighted by atomic mass is 32.2. The van der Waals surface area contributed by atoms with E-state index in [1.807, 2.05) is 31.2 Å². The van der Waals surface area contributed by atoms with E-state index in [0.717, 1.165) is 15.4 Å². The first-order valence-electron chi connectivity index (χ1n) is 5.75. The van der Waals surface area contributed by atoms with Crippen molar-refractivity contribution < 1.29 is 9.18 Å². The molecule has 2 rings (SSSR count). The average Bonchev–Trinajstić information content (AvgIpc) is 2.41. The zero-order valence-corrected chi connectivity index (χ0v) is 10.8. The molecule has 92 valence electrons. The lowest BCUT2D eigenvalue weighted by atomic mass is 10.1. The van der Waals surface area contributed by atoms with Crippen LogP contribution in [0.5, 0.6) is 0 Å². The first-order valence-corrected chi connectivity index (χ1v) is 6.57. The third-order valence-electron chi connectivity index (χ3n) is 2.55. The smallest absolute Gasteiger partial charge is 0.162 e. The minimum absolute atomic E-state index is 0.147. The quantitative estimate of drug-likeness (QED) is 0.749. The number of hydrogen-bond acceptors (Lipinski definition) is 2. The van der Waals surface area contributed by atoms with Gasteiger partial charge in [0.25, 0.3) is 0 Å². The highest BCUT2D eigenvalue weighted by molar-refractivity contribution is 7.99. The maximum atomic E-state index is 12.8. The Morgan fingerprint density at radius 1 is 1.00 bits per heavy atom. The summed E-state index contributed by atoms with van der Waals surface area (Å²) < 4.78 is 12.8. The van der Waals surface area contributed by atoms with Crippen LogP contribution in [0.1, 0.15) is 23.7 Å². The fourth-order valence-electron chi connectivity index (χ4n) is 1.55. The first kappa shape index (κ1) is 12.8. The molecule has 0 aromatic heterocycles. The van der Waals surface area contributed by atoms with Crippen molar-refractivity contribution in [3.63, 3.8) is 0 Å². The summed E-state index contributed by atoms with van der Waals surface area (Å²) in [6.07, 6.45) is 0.518. The zero-order valence-electron chi connectivity index (χ0n) is 10.0. The molecule has 0 bridgehead atoms. The molecule has 0 atom stereocenters. The van der Waals surface area contributed by atoms with Crippen molar-refractivity contribution in [2.75, 3.05) is 0 Å². The third-order valence-corrected chi connectivity index (χ3v) is 3.56. The average molecular weight is 260 g/mol. The van der Waals surface area contributed by atoms with Gasteiger partial charge in [-0.25, -0.2) is 4.39 Å². The summed E-state index contributed by atoms with van der Waals surface area (Å²) in [5.74, 6) is -0.0865. The molecule has 0 N–H and O–H groups in total. The number of rotatable bonds is 4. The van der Waals surface area contributed by atoms with Gasteiger partial charge in [0.15, 0.2) is 5.78 Å². The molecule has 18 heavy (non-hydrogen) atoms. The Morgan fingerprint density at radius 2 is 1.50 bits per heavy atom. The van der Waals surface area contributed by atoms with Gasteiger partial charge in [-0.3, -0.25) is 4.79 Å². The summed E-state index contributed by atoms with van der Waals surface area (Å²) >= 11 is 1.55. The van der Waals surface area contributed by atoms with E-state index in [-0.39, 0.29) is 11.6 Å². The van der Waals surface area contributed by atoms with Crippen molar-refractivity contribution in [3.8, 4) is 0 Å². The minimum Gasteiger partial charge on any atom is -0.294 e. The van der Waals surface area contributed by atoms with Gasteiger partial charge in [0.2, 0.25) is 0 Å². The molecule has 0 saturated carbocycles. The molecule has 0 aliphatic heterocycles. The maximum Gasteiger partial charge on any atom is 0.162 e. The van der Waals surface area contributed by atoms with Gasteiger partial charge in [-0.2, -0.15) is 0 Å². The normalized spacial score (nSPS) is 10.3. The topological polar surface area (TPSA) is 17.1 Å². The molecule has 2 aromatic rings. The van der Waals surface area contributed by atoms with E-state index < -0.39 is 0 Å². The summed E-state index contributed by atoms with van der Waals surface area (Å²) in [7, 11) is 0. The van der Waals surface area contributed by atoms with Gasteiger partial charge >= 0.3 is 0 Å². The Labute approximate surface area is 110 Å². The second-order valence-corrected chi connectivity index (χ2v) is 5.00. The van der Waals surface area contributed by atoms with E-state index in [1.54, 1.807) is 23.9 Å². The number of carbonyl (C=O) groups is 1. The summed E-state index contributed by atoms with van der Waals surface area (Å²) in [6, 6.07) is 13.9. The van der Waals surface area contributed by atoms with Crippen molar-refractivity contribution in [3.05, 3.63) is 59.9 Å². The van der Waals surface area contributed by atoms with Crippen molar-refractivity contribution in [1.29, 1.82) is 0 Å². The van der Waals surface area contributed by atoms with E-state index in [2.05, 4.69) is 0 Å². The molecule has 0 unspecified atom stereocenters. The zero-order chi connectivity index (χ0) is 13.0. The molecule has 3 heteroatoms. The van der Waals surface area contributed by atoms with Crippen LogP contribution in [0.15, 0.2) is 58.3 Å². The standard InChI is InChI=1S/C15H13FOS/c1-2-15(17)11-3-7-13(8-4-11)18-14-9-5-12(16)6-10-14/h3-10H,2H2,1H3. The summed E-state index contributed by atoms with van der Waals surface area (Å²) in [5.41, 5.74) is 0.737. The van der Waals surface area contributed by atoms with Gasteiger partial charge in [0, 0.05) is 21.8 Å². The van der Waals surface area contributed by atoms with Gasteiger partial charge in [-0.1, -0.05) is 30.8 Å². The number of benzene rings is 2. The second-order valence-electron chi connectivity index (χ2n) is 3.86. The monoisotopic (exact) mass is 260 g/mol. The van der Waals surface area contributed by atoms with Crippen LogP contribution in [-0.4, -0.2) is 5.78 Å². The molecule has 0 radical (unpaired) electrons. The highest BCUT2D eigenvalue weighted by Gasteiger charge is 2.03. The maximum absolute atomic E-state index is 12.8. The molecule has 0 aliphatic rings. The van der Waals surface area contributed by atoms with Crippen molar-refractivity contribution in [2.45, 2.75) is 23.1 Å². The van der Waals surface area contributed by atoms with Crippen LogP contribution < -0.4 is 0 Å². The molecule has 1 nitrogen and oxygen atoms in total. The van der Waals surface area contributed by atoms with Crippen LogP contribution in [0.3, 0.4) is 0 Å². The number of Topliss-reactive ketones (excluding diaryl/α,β-unsaturated/α-hetero) is 1. The fourth-order valence-corrected chi connectivity index (χ4v) is 2.37. The number of hydrogen-bond donors (Lipinski definition) is 0. The van der Waals surface area contributed by atoms with Crippen molar-refractivity contribution in [2.24, 2.45) is 0 Å². The lowest BCUT2D eigenvalue weighted by Crippen LogP contribution is -1.95. The van der Waals surface area contributed by atoms with Crippen LogP contribution in [0, 0.1) is 5.82 Å². The highest BCUT2D eigenvalue weighted by Crippen LogP contribution is 2.27. The van der Waals surface area contributed by atoms with E-state index in [1.165, 1.54) is 12.1 Å². The Balaban J connectivity index is 2.10. The minimum atomic E-state index is -0.233. The van der Waals surface area contributed by atoms with Crippen LogP contribution in [0.4, 0.5) is 4.39 Å². The lowest BCUT2D eigenvalue weighted by molar-refractivity contribution is 0.0988. The molecule has 0 spiro atoms. The van der Waals surface area contributed by atoms with Crippen LogP contribution >= 0.6 is 11.8 Å². The van der Waals surface area contributed by atoms with Crippen LogP contribution in [-0.2, 0) is 0 Å². The fraction of sp³-hybridized carbons (Fsp3) is 0.133. The SMILES string of the molecule is CCC(=O)c1ccc(Sc2ccc(F)cc2)cc1. The van der Waals surface area contributed by atoms with Gasteiger partial charge in [0.05, 0.1) is 0 Å². The molecule has 0 heterocycles. The van der Waals surface area contributed by atoms with Gasteiger partial charge < -0.3 is 0 Å². The largest absolute Gasteiger partial charge is 0.294 e. The molecule has 0 amide bonds. The summed E-state index contributed by atoms with van der Waals surface area (Å²) in [5, 5.41) is 0. The second kappa shape index (κ2) is 5.83. The Kier molecular flexibility index (Phi) is 4.15. The van der Waals surface area contributed by atoms with Crippen LogP contribution in [0.2, 0.25) is 0 Å². The van der Waals surface area contributed by atoms with E-state index in [4.69, 9.17) is 0 Å². The molecule has 0 fully saturated rings. The molecular formula is C15H13FOS. The Morgan fingerprint density at radius 3 is 2.00 bits per heavy atom. The number of ketones is 1. The van der Waals surface area contributed by atoms with Gasteiger partial charge in [-0.15, -0.1) is 0 Å². The predicted octanol–water partition coefficient (Wildman–Crippen LogP) is 4.57. The lowest BCUT2D eigenvalue weighted by Gasteiger charge is -2.03. The van der Waals surface area contributed by atoms with Crippen molar-refractivity contribution in [1.82, 2.24) is 0 Å².